The van der Waals surface area contributed by atoms with E-state index < -0.39 is 0 Å². The molecule has 0 aliphatic rings. The van der Waals surface area contributed by atoms with Gasteiger partial charge in [0.15, 0.2) is 0 Å². The molecule has 0 amide bonds. The number of aromatic hydroxyl groups is 1. The molecule has 0 aromatic heterocycles. The monoisotopic (exact) mass is 250 g/mol. The quantitative estimate of drug-likeness (QED) is 0.558. The maximum Gasteiger partial charge on any atom is 0.123 e. The van der Waals surface area contributed by atoms with Gasteiger partial charge in [-0.25, -0.2) is 0 Å². The lowest BCUT2D eigenvalue weighted by Gasteiger charge is -2.28. The van der Waals surface area contributed by atoms with Crippen molar-refractivity contribution in [2.24, 2.45) is 5.84 Å². The van der Waals surface area contributed by atoms with E-state index in [2.05, 4.69) is 47.0 Å². The molecule has 0 bridgehead atoms. The summed E-state index contributed by atoms with van der Waals surface area (Å²) in [7, 11) is 0. The zero-order valence-electron chi connectivity index (χ0n) is 12.4. The number of hydrazine groups is 1. The predicted octanol–water partition coefficient (Wildman–Crippen LogP) is 2.95. The van der Waals surface area contributed by atoms with E-state index in [1.165, 1.54) is 0 Å². The molecule has 3 heteroatoms. The van der Waals surface area contributed by atoms with Gasteiger partial charge in [-0.3, -0.25) is 11.3 Å². The summed E-state index contributed by atoms with van der Waals surface area (Å²) in [5, 5.41) is 10.5. The van der Waals surface area contributed by atoms with Crippen LogP contribution in [-0.4, -0.2) is 5.11 Å². The molecule has 0 spiro atoms. The number of nitrogens with two attached hydrogens (primary N) is 1. The van der Waals surface area contributed by atoms with E-state index >= 15 is 0 Å². The topological polar surface area (TPSA) is 58.3 Å². The van der Waals surface area contributed by atoms with Gasteiger partial charge >= 0.3 is 0 Å². The second-order valence-corrected chi connectivity index (χ2v) is 6.92. The Morgan fingerprint density at radius 2 is 1.39 bits per heavy atom. The van der Waals surface area contributed by atoms with Gasteiger partial charge in [0.25, 0.3) is 0 Å². The number of rotatable bonds is 2. The highest BCUT2D eigenvalue weighted by atomic mass is 16.3. The van der Waals surface area contributed by atoms with Crippen molar-refractivity contribution in [1.82, 2.24) is 5.43 Å². The van der Waals surface area contributed by atoms with Crippen LogP contribution in [0.1, 0.15) is 58.2 Å². The van der Waals surface area contributed by atoms with Crippen molar-refractivity contribution in [1.29, 1.82) is 0 Å². The van der Waals surface area contributed by atoms with E-state index in [-0.39, 0.29) is 10.8 Å². The highest BCUT2D eigenvalue weighted by molar-refractivity contribution is 5.49. The summed E-state index contributed by atoms with van der Waals surface area (Å²) in [4.78, 5) is 0. The van der Waals surface area contributed by atoms with Crippen LogP contribution in [0.5, 0.6) is 5.75 Å². The lowest BCUT2D eigenvalue weighted by molar-refractivity contribution is 0.422. The van der Waals surface area contributed by atoms with Crippen LogP contribution in [-0.2, 0) is 17.4 Å². The predicted molar refractivity (Wildman–Crippen MR) is 76.5 cm³/mol. The van der Waals surface area contributed by atoms with Crippen LogP contribution in [0.2, 0.25) is 0 Å². The Balaban J connectivity index is 3.48. The van der Waals surface area contributed by atoms with Crippen molar-refractivity contribution in [2.45, 2.75) is 58.9 Å². The molecule has 18 heavy (non-hydrogen) atoms. The van der Waals surface area contributed by atoms with Crippen LogP contribution in [0.25, 0.3) is 0 Å². The number of phenolic OH excluding ortho intramolecular Hbond substituents is 1. The highest BCUT2D eigenvalue weighted by Crippen LogP contribution is 2.39. The third kappa shape index (κ3) is 3.24. The molecule has 1 aromatic carbocycles. The summed E-state index contributed by atoms with van der Waals surface area (Å²) in [5.41, 5.74) is 5.55. The largest absolute Gasteiger partial charge is 0.507 e. The zero-order valence-corrected chi connectivity index (χ0v) is 12.4. The Bertz CT molecular complexity index is 390. The molecule has 0 aliphatic carbocycles. The van der Waals surface area contributed by atoms with Crippen LogP contribution in [0, 0.1) is 0 Å². The third-order valence-corrected chi connectivity index (χ3v) is 3.09. The van der Waals surface area contributed by atoms with Crippen molar-refractivity contribution >= 4 is 0 Å². The standard InChI is InChI=1S/C15H26N2O/c1-14(2,3)11-7-10(9-17-16)8-12(13(11)18)15(4,5)6/h7-8,17-18H,9,16H2,1-6H3. The third-order valence-electron chi connectivity index (χ3n) is 3.09. The first-order valence-corrected chi connectivity index (χ1v) is 6.37. The van der Waals surface area contributed by atoms with Crippen molar-refractivity contribution < 1.29 is 5.11 Å². The van der Waals surface area contributed by atoms with Crippen molar-refractivity contribution in [2.75, 3.05) is 0 Å². The normalized spacial score (nSPS) is 12.8. The molecule has 0 atom stereocenters. The molecule has 0 unspecified atom stereocenters. The van der Waals surface area contributed by atoms with E-state index in [9.17, 15) is 5.11 Å². The molecule has 0 fully saturated rings. The average molecular weight is 250 g/mol. The van der Waals surface area contributed by atoms with Crippen LogP contribution < -0.4 is 11.3 Å². The van der Waals surface area contributed by atoms with Gasteiger partial charge in [-0.05, 0) is 27.5 Å². The molecule has 0 saturated heterocycles. The van der Waals surface area contributed by atoms with Crippen molar-refractivity contribution in [3.05, 3.63) is 28.8 Å². The lowest BCUT2D eigenvalue weighted by Crippen LogP contribution is -2.23. The molecule has 3 nitrogen and oxygen atoms in total. The van der Waals surface area contributed by atoms with E-state index in [4.69, 9.17) is 5.84 Å². The summed E-state index contributed by atoms with van der Waals surface area (Å²) in [6, 6.07) is 4.06. The summed E-state index contributed by atoms with van der Waals surface area (Å²) >= 11 is 0. The van der Waals surface area contributed by atoms with Crippen molar-refractivity contribution in [3.63, 3.8) is 0 Å². The number of hydrogen-bond donors (Lipinski definition) is 3. The van der Waals surface area contributed by atoms with Gasteiger partial charge < -0.3 is 5.11 Å². The fourth-order valence-corrected chi connectivity index (χ4v) is 2.06. The minimum Gasteiger partial charge on any atom is -0.507 e. The lowest BCUT2D eigenvalue weighted by atomic mass is 9.78. The SMILES string of the molecule is CC(C)(C)c1cc(CNN)cc(C(C)(C)C)c1O. The summed E-state index contributed by atoms with van der Waals surface area (Å²) in [6.07, 6.45) is 0. The maximum absolute atomic E-state index is 10.5. The molecule has 1 aromatic rings. The van der Waals surface area contributed by atoms with Gasteiger partial charge in [-0.1, -0.05) is 53.7 Å². The van der Waals surface area contributed by atoms with Gasteiger partial charge in [0.05, 0.1) is 0 Å². The second kappa shape index (κ2) is 4.90. The van der Waals surface area contributed by atoms with Gasteiger partial charge in [0.1, 0.15) is 5.75 Å². The average Bonchev–Trinajstić information content (AvgIpc) is 2.17. The maximum atomic E-state index is 10.5. The number of nitrogens with one attached hydrogen (secondary N) is 1. The first-order valence-electron chi connectivity index (χ1n) is 6.37. The minimum absolute atomic E-state index is 0.0886. The highest BCUT2D eigenvalue weighted by Gasteiger charge is 2.26. The molecule has 0 saturated carbocycles. The van der Waals surface area contributed by atoms with Gasteiger partial charge in [-0.2, -0.15) is 0 Å². The Kier molecular flexibility index (Phi) is 4.08. The smallest absolute Gasteiger partial charge is 0.123 e. The first-order chi connectivity index (χ1) is 8.07. The van der Waals surface area contributed by atoms with E-state index in [1.54, 1.807) is 0 Å². The molecule has 0 heterocycles. The molecule has 0 aliphatic heterocycles. The number of hydrogen-bond acceptors (Lipinski definition) is 3. The van der Waals surface area contributed by atoms with Crippen LogP contribution >= 0.6 is 0 Å². The first kappa shape index (κ1) is 15.0. The number of phenols is 1. The molecule has 1 rings (SSSR count). The van der Waals surface area contributed by atoms with Gasteiger partial charge in [0, 0.05) is 6.54 Å². The zero-order chi connectivity index (χ0) is 14.1. The Morgan fingerprint density at radius 1 is 1.00 bits per heavy atom. The fraction of sp³-hybridized carbons (Fsp3) is 0.600. The molecular formula is C15H26N2O. The van der Waals surface area contributed by atoms with Crippen LogP contribution in [0.15, 0.2) is 12.1 Å². The minimum atomic E-state index is -0.0886. The molecule has 0 radical (unpaired) electrons. The number of benzene rings is 1. The van der Waals surface area contributed by atoms with Crippen molar-refractivity contribution in [3.8, 4) is 5.75 Å². The fourth-order valence-electron chi connectivity index (χ4n) is 2.06. The van der Waals surface area contributed by atoms with E-state index in [1.807, 2.05) is 12.1 Å². The summed E-state index contributed by atoms with van der Waals surface area (Å²) < 4.78 is 0. The van der Waals surface area contributed by atoms with E-state index in [0.29, 0.717) is 12.3 Å². The summed E-state index contributed by atoms with van der Waals surface area (Å²) in [6.45, 7) is 13.2. The molecule has 102 valence electrons. The molecule has 4 N–H and O–H groups in total. The Labute approximate surface area is 110 Å². The Hall–Kier alpha value is -1.06. The van der Waals surface area contributed by atoms with Crippen LogP contribution in [0.4, 0.5) is 0 Å². The van der Waals surface area contributed by atoms with E-state index in [0.717, 1.165) is 16.7 Å². The van der Waals surface area contributed by atoms with Gasteiger partial charge in [0.2, 0.25) is 0 Å². The van der Waals surface area contributed by atoms with Gasteiger partial charge in [-0.15, -0.1) is 0 Å². The van der Waals surface area contributed by atoms with Crippen LogP contribution in [0.3, 0.4) is 0 Å². The summed E-state index contributed by atoms with van der Waals surface area (Å²) in [5.74, 6) is 5.82. The Morgan fingerprint density at radius 3 is 1.67 bits per heavy atom. The molecular weight excluding hydrogens is 224 g/mol. The second-order valence-electron chi connectivity index (χ2n) is 6.92.